The first-order chi connectivity index (χ1) is 7.11. The van der Waals surface area contributed by atoms with E-state index >= 15 is 0 Å². The number of rotatable bonds is 1. The van der Waals surface area contributed by atoms with E-state index in [-0.39, 0.29) is 11.3 Å². The molecule has 0 fully saturated rings. The van der Waals surface area contributed by atoms with Crippen LogP contribution in [0.1, 0.15) is 0 Å². The van der Waals surface area contributed by atoms with Crippen molar-refractivity contribution < 1.29 is 9.84 Å². The topological polar surface area (TPSA) is 62.3 Å². The normalized spacial score (nSPS) is 10.5. The number of aromatic nitrogens is 1. The van der Waals surface area contributed by atoms with Crippen molar-refractivity contribution in [3.8, 4) is 11.5 Å². The van der Waals surface area contributed by atoms with Gasteiger partial charge in [0.1, 0.15) is 11.5 Å². The van der Waals surface area contributed by atoms with Crippen LogP contribution in [0.15, 0.2) is 23.0 Å². The van der Waals surface area contributed by atoms with Crippen molar-refractivity contribution in [2.75, 3.05) is 7.11 Å². The van der Waals surface area contributed by atoms with Crippen LogP contribution < -0.4 is 10.3 Å². The van der Waals surface area contributed by atoms with Gasteiger partial charge in [-0.1, -0.05) is 11.6 Å². The van der Waals surface area contributed by atoms with E-state index in [2.05, 4.69) is 4.98 Å². The molecular weight excluding hydrogens is 218 g/mol. The number of aromatic hydroxyl groups is 1. The average molecular weight is 226 g/mol. The molecule has 1 aromatic carbocycles. The molecule has 2 rings (SSSR count). The Labute approximate surface area is 90.1 Å². The molecule has 0 aliphatic rings. The second kappa shape index (κ2) is 3.47. The number of H-pyrrole nitrogens is 1. The number of methoxy groups -OCH3 is 1. The molecule has 1 aromatic heterocycles. The maximum atomic E-state index is 11.1. The molecule has 4 nitrogen and oxygen atoms in total. The second-order valence-corrected chi connectivity index (χ2v) is 3.46. The van der Waals surface area contributed by atoms with E-state index in [1.165, 1.54) is 13.2 Å². The highest BCUT2D eigenvalue weighted by atomic mass is 35.5. The van der Waals surface area contributed by atoms with Crippen molar-refractivity contribution in [3.63, 3.8) is 0 Å². The lowest BCUT2D eigenvalue weighted by molar-refractivity contribution is 0.415. The summed E-state index contributed by atoms with van der Waals surface area (Å²) in [7, 11) is 1.48. The van der Waals surface area contributed by atoms with Gasteiger partial charge in [-0.05, 0) is 12.1 Å². The number of fused-ring (bicyclic) bond motifs is 1. The zero-order chi connectivity index (χ0) is 11.0. The smallest absolute Gasteiger partial charge is 0.252 e. The quantitative estimate of drug-likeness (QED) is 0.779. The van der Waals surface area contributed by atoms with Gasteiger partial charge in [0.25, 0.3) is 5.56 Å². The number of nitrogens with one attached hydrogen (secondary N) is 1. The summed E-state index contributed by atoms with van der Waals surface area (Å²) in [5.41, 5.74) is 0.104. The minimum atomic E-state index is -0.374. The summed E-state index contributed by atoms with van der Waals surface area (Å²) in [6, 6.07) is 4.22. The van der Waals surface area contributed by atoms with Gasteiger partial charge in [0.2, 0.25) is 0 Å². The highest BCUT2D eigenvalue weighted by Gasteiger charge is 2.07. The van der Waals surface area contributed by atoms with Gasteiger partial charge in [-0.3, -0.25) is 4.79 Å². The zero-order valence-electron chi connectivity index (χ0n) is 7.87. The summed E-state index contributed by atoms with van der Waals surface area (Å²) in [6.45, 7) is 0. The first-order valence-electron chi connectivity index (χ1n) is 4.21. The van der Waals surface area contributed by atoms with Crippen molar-refractivity contribution in [3.05, 3.63) is 33.6 Å². The maximum Gasteiger partial charge on any atom is 0.252 e. The van der Waals surface area contributed by atoms with Gasteiger partial charge < -0.3 is 14.8 Å². The Kier molecular flexibility index (Phi) is 2.28. The number of ether oxygens (including phenoxy) is 1. The molecule has 1 heterocycles. The van der Waals surface area contributed by atoms with Crippen LogP contribution in [0, 0.1) is 0 Å². The van der Waals surface area contributed by atoms with Crippen LogP contribution in [0.5, 0.6) is 11.5 Å². The lowest BCUT2D eigenvalue weighted by atomic mass is 10.2. The Hall–Kier alpha value is -1.68. The molecule has 2 N–H and O–H groups in total. The molecule has 0 amide bonds. The van der Waals surface area contributed by atoms with E-state index in [9.17, 15) is 9.90 Å². The molecule has 0 aliphatic carbocycles. The van der Waals surface area contributed by atoms with E-state index in [1.807, 2.05) is 0 Å². The van der Waals surface area contributed by atoms with Crippen molar-refractivity contribution in [1.29, 1.82) is 0 Å². The number of aromatic amines is 1. The van der Waals surface area contributed by atoms with Crippen LogP contribution in [0.3, 0.4) is 0 Å². The minimum absolute atomic E-state index is 0.0938. The number of hydrogen-bond acceptors (Lipinski definition) is 3. The molecule has 0 aliphatic heterocycles. The van der Waals surface area contributed by atoms with Gasteiger partial charge in [-0.25, -0.2) is 0 Å². The Bertz CT molecular complexity index is 577. The fraction of sp³-hybridized carbons (Fsp3) is 0.100. The lowest BCUT2D eigenvalue weighted by Gasteiger charge is -2.06. The van der Waals surface area contributed by atoms with E-state index < -0.39 is 0 Å². The monoisotopic (exact) mass is 225 g/mol. The Morgan fingerprint density at radius 3 is 2.80 bits per heavy atom. The van der Waals surface area contributed by atoms with E-state index in [4.69, 9.17) is 16.3 Å². The van der Waals surface area contributed by atoms with Gasteiger partial charge in [0, 0.05) is 11.5 Å². The summed E-state index contributed by atoms with van der Waals surface area (Å²) in [4.78, 5) is 13.6. The molecule has 78 valence electrons. The van der Waals surface area contributed by atoms with Gasteiger partial charge in [-0.2, -0.15) is 0 Å². The fourth-order valence-electron chi connectivity index (χ4n) is 1.40. The van der Waals surface area contributed by atoms with Crippen LogP contribution in [-0.2, 0) is 0 Å². The zero-order valence-corrected chi connectivity index (χ0v) is 8.63. The molecule has 0 saturated heterocycles. The predicted octanol–water partition coefficient (Wildman–Crippen LogP) is 1.90. The summed E-state index contributed by atoms with van der Waals surface area (Å²) in [5, 5.41) is 10.4. The molecule has 2 aromatic rings. The molecule has 0 atom stereocenters. The number of hydrogen-bond donors (Lipinski definition) is 2. The first kappa shape index (κ1) is 9.86. The number of benzene rings is 1. The Morgan fingerprint density at radius 2 is 2.13 bits per heavy atom. The van der Waals surface area contributed by atoms with Gasteiger partial charge >= 0.3 is 0 Å². The standard InChI is InChI=1S/C10H8ClNO3/c1-15-9-2-5-7(3-6(9)11)12-10(14)4-8(5)13/h2-4H,1H3,(H2,12,13,14). The average Bonchev–Trinajstić information content (AvgIpc) is 2.16. The fourth-order valence-corrected chi connectivity index (χ4v) is 1.64. The third kappa shape index (κ3) is 1.64. The van der Waals surface area contributed by atoms with E-state index in [1.54, 1.807) is 6.07 Å². The second-order valence-electron chi connectivity index (χ2n) is 3.05. The van der Waals surface area contributed by atoms with Crippen molar-refractivity contribution in [1.82, 2.24) is 4.98 Å². The van der Waals surface area contributed by atoms with Crippen LogP contribution in [0.4, 0.5) is 0 Å². The van der Waals surface area contributed by atoms with Gasteiger partial charge in [0.15, 0.2) is 0 Å². The molecule has 15 heavy (non-hydrogen) atoms. The third-order valence-corrected chi connectivity index (χ3v) is 2.39. The summed E-state index contributed by atoms with van der Waals surface area (Å²) in [5.74, 6) is 0.357. The summed E-state index contributed by atoms with van der Waals surface area (Å²) < 4.78 is 5.00. The van der Waals surface area contributed by atoms with Crippen molar-refractivity contribution in [2.24, 2.45) is 0 Å². The van der Waals surface area contributed by atoms with E-state index in [0.717, 1.165) is 6.07 Å². The third-order valence-electron chi connectivity index (χ3n) is 2.09. The first-order valence-corrected chi connectivity index (χ1v) is 4.59. The highest BCUT2D eigenvalue weighted by Crippen LogP contribution is 2.31. The molecule has 0 radical (unpaired) electrons. The molecule has 5 heteroatoms. The van der Waals surface area contributed by atoms with E-state index in [0.29, 0.717) is 21.7 Å². The summed E-state index contributed by atoms with van der Waals surface area (Å²) >= 11 is 5.88. The predicted molar refractivity (Wildman–Crippen MR) is 57.8 cm³/mol. The maximum absolute atomic E-state index is 11.1. The van der Waals surface area contributed by atoms with Crippen LogP contribution in [-0.4, -0.2) is 17.2 Å². The molecule has 0 spiro atoms. The van der Waals surface area contributed by atoms with Crippen molar-refractivity contribution >= 4 is 22.5 Å². The molecule has 0 unspecified atom stereocenters. The molecule has 0 bridgehead atoms. The number of halogens is 1. The lowest BCUT2D eigenvalue weighted by Crippen LogP contribution is -2.03. The van der Waals surface area contributed by atoms with Crippen molar-refractivity contribution in [2.45, 2.75) is 0 Å². The largest absolute Gasteiger partial charge is 0.507 e. The minimum Gasteiger partial charge on any atom is -0.507 e. The van der Waals surface area contributed by atoms with Crippen LogP contribution in [0.25, 0.3) is 10.9 Å². The molecule has 0 saturated carbocycles. The van der Waals surface area contributed by atoms with Crippen LogP contribution in [0.2, 0.25) is 5.02 Å². The summed E-state index contributed by atoms with van der Waals surface area (Å²) in [6.07, 6.45) is 0. The molecular formula is C10H8ClNO3. The van der Waals surface area contributed by atoms with Crippen LogP contribution >= 0.6 is 11.6 Å². The SMILES string of the molecule is COc1cc2c(O)cc(=O)[nH]c2cc1Cl. The highest BCUT2D eigenvalue weighted by molar-refractivity contribution is 6.32. The van der Waals surface area contributed by atoms with Gasteiger partial charge in [-0.15, -0.1) is 0 Å². The Balaban J connectivity index is 2.87. The Morgan fingerprint density at radius 1 is 1.40 bits per heavy atom. The number of pyridine rings is 1. The van der Waals surface area contributed by atoms with Gasteiger partial charge in [0.05, 0.1) is 17.6 Å².